The molecule has 106 valence electrons. The largest absolute Gasteiger partial charge is 0.497 e. The molecule has 0 bridgehead atoms. The number of nitrogens with zero attached hydrogens (tertiary/aromatic N) is 1. The van der Waals surface area contributed by atoms with Crippen LogP contribution >= 0.6 is 0 Å². The number of aryl methyl sites for hydroxylation is 1. The highest BCUT2D eigenvalue weighted by Crippen LogP contribution is 2.24. The van der Waals surface area contributed by atoms with Gasteiger partial charge in [-0.05, 0) is 24.3 Å². The topological polar surface area (TPSA) is 52.5 Å². The van der Waals surface area contributed by atoms with Crippen LogP contribution in [0.3, 0.4) is 0 Å². The lowest BCUT2D eigenvalue weighted by molar-refractivity contribution is 0.399. The number of rotatable bonds is 5. The lowest BCUT2D eigenvalue weighted by Gasteiger charge is -2.12. The van der Waals surface area contributed by atoms with Gasteiger partial charge in [-0.3, -0.25) is 4.79 Å². The second-order valence-electron chi connectivity index (χ2n) is 4.40. The van der Waals surface area contributed by atoms with Crippen LogP contribution in [0, 0.1) is 0 Å². The van der Waals surface area contributed by atoms with E-state index in [2.05, 4.69) is 5.32 Å². The van der Waals surface area contributed by atoms with Crippen molar-refractivity contribution in [2.24, 2.45) is 7.05 Å². The number of anilines is 1. The zero-order valence-electron chi connectivity index (χ0n) is 11.8. The first-order valence-corrected chi connectivity index (χ1v) is 6.25. The molecule has 0 radical (unpaired) electrons. The Morgan fingerprint density at radius 3 is 2.60 bits per heavy atom. The van der Waals surface area contributed by atoms with Crippen molar-refractivity contribution < 1.29 is 9.47 Å². The number of ether oxygens (including phenoxy) is 2. The molecule has 5 heteroatoms. The first-order chi connectivity index (χ1) is 9.63. The van der Waals surface area contributed by atoms with Crippen molar-refractivity contribution >= 4 is 5.69 Å². The van der Waals surface area contributed by atoms with Crippen molar-refractivity contribution in [1.82, 2.24) is 4.57 Å². The maximum absolute atomic E-state index is 11.3. The summed E-state index contributed by atoms with van der Waals surface area (Å²) >= 11 is 0. The SMILES string of the molecule is COc1ccc(OC)c(CNc2ccc(=O)n(C)c2)c1. The van der Waals surface area contributed by atoms with E-state index in [4.69, 9.17) is 9.47 Å². The van der Waals surface area contributed by atoms with Gasteiger partial charge in [0.15, 0.2) is 0 Å². The number of nitrogens with one attached hydrogen (secondary N) is 1. The van der Waals surface area contributed by atoms with Gasteiger partial charge in [0.2, 0.25) is 5.56 Å². The molecule has 0 aliphatic rings. The minimum absolute atomic E-state index is 0.0329. The Kier molecular flexibility index (Phi) is 4.30. The highest BCUT2D eigenvalue weighted by Gasteiger charge is 2.05. The number of hydrogen-bond acceptors (Lipinski definition) is 4. The van der Waals surface area contributed by atoms with E-state index < -0.39 is 0 Å². The van der Waals surface area contributed by atoms with Crippen molar-refractivity contribution in [2.75, 3.05) is 19.5 Å². The zero-order valence-corrected chi connectivity index (χ0v) is 11.8. The Labute approximate surface area is 117 Å². The summed E-state index contributed by atoms with van der Waals surface area (Å²) in [4.78, 5) is 11.3. The molecule has 2 aromatic rings. The molecule has 0 saturated heterocycles. The molecule has 0 spiro atoms. The van der Waals surface area contributed by atoms with Gasteiger partial charge < -0.3 is 19.4 Å². The van der Waals surface area contributed by atoms with E-state index in [9.17, 15) is 4.79 Å². The number of methoxy groups -OCH3 is 2. The van der Waals surface area contributed by atoms with Gasteiger partial charge in [0.05, 0.1) is 19.9 Å². The number of pyridine rings is 1. The molecule has 0 aliphatic carbocycles. The van der Waals surface area contributed by atoms with Gasteiger partial charge in [-0.2, -0.15) is 0 Å². The lowest BCUT2D eigenvalue weighted by Crippen LogP contribution is -2.15. The Morgan fingerprint density at radius 1 is 1.15 bits per heavy atom. The average molecular weight is 274 g/mol. The van der Waals surface area contributed by atoms with E-state index in [1.165, 1.54) is 10.6 Å². The summed E-state index contributed by atoms with van der Waals surface area (Å²) in [5.41, 5.74) is 1.83. The Morgan fingerprint density at radius 2 is 1.95 bits per heavy atom. The summed E-state index contributed by atoms with van der Waals surface area (Å²) in [6.45, 7) is 0.582. The second-order valence-corrected chi connectivity index (χ2v) is 4.40. The maximum atomic E-state index is 11.3. The van der Waals surface area contributed by atoms with Crippen LogP contribution in [0.25, 0.3) is 0 Å². The third-order valence-corrected chi connectivity index (χ3v) is 3.06. The summed E-state index contributed by atoms with van der Waals surface area (Å²) in [5, 5.41) is 3.26. The Bertz CT molecular complexity index is 650. The Balaban J connectivity index is 2.17. The highest BCUT2D eigenvalue weighted by molar-refractivity contribution is 5.45. The third kappa shape index (κ3) is 3.12. The van der Waals surface area contributed by atoms with Crippen molar-refractivity contribution in [3.63, 3.8) is 0 Å². The molecule has 20 heavy (non-hydrogen) atoms. The van der Waals surface area contributed by atoms with Crippen LogP contribution in [0.15, 0.2) is 41.3 Å². The molecular formula is C15H18N2O3. The van der Waals surface area contributed by atoms with Crippen LogP contribution in [0.4, 0.5) is 5.69 Å². The van der Waals surface area contributed by atoms with E-state index in [-0.39, 0.29) is 5.56 Å². The molecule has 0 unspecified atom stereocenters. The van der Waals surface area contributed by atoms with Crippen molar-refractivity contribution in [2.45, 2.75) is 6.54 Å². The fourth-order valence-corrected chi connectivity index (χ4v) is 1.92. The normalized spacial score (nSPS) is 10.2. The number of benzene rings is 1. The van der Waals surface area contributed by atoms with Gasteiger partial charge in [-0.1, -0.05) is 0 Å². The van der Waals surface area contributed by atoms with E-state index in [1.807, 2.05) is 18.2 Å². The van der Waals surface area contributed by atoms with Crippen LogP contribution in [0.1, 0.15) is 5.56 Å². The molecule has 1 N–H and O–H groups in total. The van der Waals surface area contributed by atoms with Gasteiger partial charge in [0.25, 0.3) is 0 Å². The molecule has 5 nitrogen and oxygen atoms in total. The smallest absolute Gasteiger partial charge is 0.250 e. The van der Waals surface area contributed by atoms with Crippen LogP contribution in [-0.2, 0) is 13.6 Å². The van der Waals surface area contributed by atoms with Gasteiger partial charge in [0, 0.05) is 31.4 Å². The van der Waals surface area contributed by atoms with E-state index in [0.717, 1.165) is 22.7 Å². The van der Waals surface area contributed by atoms with Gasteiger partial charge >= 0.3 is 0 Å². The number of hydrogen-bond donors (Lipinski definition) is 1. The minimum Gasteiger partial charge on any atom is -0.497 e. The van der Waals surface area contributed by atoms with Gasteiger partial charge in [-0.15, -0.1) is 0 Å². The average Bonchev–Trinajstić information content (AvgIpc) is 2.48. The predicted molar refractivity (Wildman–Crippen MR) is 78.6 cm³/mol. The summed E-state index contributed by atoms with van der Waals surface area (Å²) in [6, 6.07) is 8.94. The van der Waals surface area contributed by atoms with Crippen molar-refractivity contribution in [3.05, 3.63) is 52.4 Å². The first-order valence-electron chi connectivity index (χ1n) is 6.25. The van der Waals surface area contributed by atoms with Gasteiger partial charge in [-0.25, -0.2) is 0 Å². The maximum Gasteiger partial charge on any atom is 0.250 e. The van der Waals surface area contributed by atoms with Crippen LogP contribution in [0.5, 0.6) is 11.5 Å². The molecule has 0 amide bonds. The van der Waals surface area contributed by atoms with Crippen molar-refractivity contribution in [3.8, 4) is 11.5 Å². The standard InChI is InChI=1S/C15H18N2O3/c1-17-10-12(4-7-15(17)18)16-9-11-8-13(19-2)5-6-14(11)20-3/h4-8,10,16H,9H2,1-3H3. The third-order valence-electron chi connectivity index (χ3n) is 3.06. The number of aromatic nitrogens is 1. The van der Waals surface area contributed by atoms with Crippen LogP contribution in [-0.4, -0.2) is 18.8 Å². The van der Waals surface area contributed by atoms with Crippen LogP contribution in [0.2, 0.25) is 0 Å². The molecule has 1 aromatic carbocycles. The summed E-state index contributed by atoms with van der Waals surface area (Å²) in [7, 11) is 4.99. The molecular weight excluding hydrogens is 256 g/mol. The molecule has 2 rings (SSSR count). The monoisotopic (exact) mass is 274 g/mol. The predicted octanol–water partition coefficient (Wildman–Crippen LogP) is 2.01. The Hall–Kier alpha value is -2.43. The van der Waals surface area contributed by atoms with E-state index in [0.29, 0.717) is 6.54 Å². The zero-order chi connectivity index (χ0) is 14.5. The molecule has 1 aromatic heterocycles. The fraction of sp³-hybridized carbons (Fsp3) is 0.267. The molecule has 0 atom stereocenters. The molecule has 1 heterocycles. The summed E-state index contributed by atoms with van der Waals surface area (Å²) in [5.74, 6) is 1.58. The lowest BCUT2D eigenvalue weighted by atomic mass is 10.2. The van der Waals surface area contributed by atoms with E-state index in [1.54, 1.807) is 33.5 Å². The van der Waals surface area contributed by atoms with Gasteiger partial charge in [0.1, 0.15) is 11.5 Å². The first kappa shape index (κ1) is 14.0. The fourth-order valence-electron chi connectivity index (χ4n) is 1.92. The van der Waals surface area contributed by atoms with E-state index >= 15 is 0 Å². The molecule has 0 saturated carbocycles. The molecule has 0 fully saturated rings. The van der Waals surface area contributed by atoms with Crippen molar-refractivity contribution in [1.29, 1.82) is 0 Å². The minimum atomic E-state index is -0.0329. The molecule has 0 aliphatic heterocycles. The highest BCUT2D eigenvalue weighted by atomic mass is 16.5. The quantitative estimate of drug-likeness (QED) is 0.906. The van der Waals surface area contributed by atoms with Crippen LogP contribution < -0.4 is 20.3 Å². The summed E-state index contributed by atoms with van der Waals surface area (Å²) in [6.07, 6.45) is 1.76. The second kappa shape index (κ2) is 6.14. The summed E-state index contributed by atoms with van der Waals surface area (Å²) < 4.78 is 12.1.